The Labute approximate surface area is 515 Å². The van der Waals surface area contributed by atoms with Crippen LogP contribution in [0.4, 0.5) is 0 Å². The molecule has 2 unspecified atom stereocenters. The maximum absolute atomic E-state index is 12.6. The lowest BCUT2D eigenvalue weighted by Crippen LogP contribution is -2.45. The molecule has 0 saturated heterocycles. The van der Waals surface area contributed by atoms with Crippen LogP contribution in [-0.2, 0) is 14.3 Å². The summed E-state index contributed by atoms with van der Waals surface area (Å²) < 4.78 is 5.50. The lowest BCUT2D eigenvalue weighted by Gasteiger charge is -2.22. The van der Waals surface area contributed by atoms with Crippen LogP contribution in [-0.4, -0.2) is 47.4 Å². The van der Waals surface area contributed by atoms with E-state index in [2.05, 4.69) is 19.2 Å². The highest BCUT2D eigenvalue weighted by atomic mass is 16.5. The van der Waals surface area contributed by atoms with Gasteiger partial charge in [0.2, 0.25) is 5.91 Å². The van der Waals surface area contributed by atoms with Gasteiger partial charge in [-0.2, -0.15) is 0 Å². The number of nitrogens with one attached hydrogen (secondary N) is 1. The number of carbonyl (C=O) groups excluding carboxylic acids is 2. The highest BCUT2D eigenvalue weighted by molar-refractivity contribution is 5.76. The molecule has 3 N–H and O–H groups in total. The second-order valence-electron chi connectivity index (χ2n) is 26.7. The van der Waals surface area contributed by atoms with E-state index in [1.807, 2.05) is 0 Å². The molecule has 0 saturated carbocycles. The number of ether oxygens (including phenoxy) is 1. The molecule has 0 aliphatic carbocycles. The van der Waals surface area contributed by atoms with Crippen molar-refractivity contribution in [2.24, 2.45) is 0 Å². The predicted molar refractivity (Wildman–Crippen MR) is 361 cm³/mol. The monoisotopic (exact) mass is 1160 g/mol. The van der Waals surface area contributed by atoms with E-state index >= 15 is 0 Å². The van der Waals surface area contributed by atoms with Crippen LogP contribution < -0.4 is 5.32 Å². The highest BCUT2D eigenvalue weighted by Crippen LogP contribution is 2.20. The lowest BCUT2D eigenvalue weighted by molar-refractivity contribution is -0.143. The van der Waals surface area contributed by atoms with Crippen molar-refractivity contribution in [3.8, 4) is 0 Å². The molecular formula is C76H151NO5. The number of amides is 1. The predicted octanol–water partition coefficient (Wildman–Crippen LogP) is 24.9. The van der Waals surface area contributed by atoms with Crippen LogP contribution in [0.5, 0.6) is 0 Å². The number of carbonyl (C=O) groups is 2. The first-order valence-corrected chi connectivity index (χ1v) is 38.3. The second kappa shape index (κ2) is 72.3. The van der Waals surface area contributed by atoms with Crippen LogP contribution in [0.1, 0.15) is 450 Å². The molecule has 0 fully saturated rings. The molecule has 0 heterocycles. The Morgan fingerprint density at radius 1 is 0.293 bits per heavy atom. The molecule has 0 aliphatic rings. The van der Waals surface area contributed by atoms with Gasteiger partial charge in [0.05, 0.1) is 25.4 Å². The quantitative estimate of drug-likeness (QED) is 0.0417. The molecular weight excluding hydrogens is 1010 g/mol. The number of unbranched alkanes of at least 4 members (excludes halogenated alkanes) is 62. The van der Waals surface area contributed by atoms with Crippen molar-refractivity contribution in [3.05, 3.63) is 0 Å². The summed E-state index contributed by atoms with van der Waals surface area (Å²) >= 11 is 0. The fourth-order valence-corrected chi connectivity index (χ4v) is 12.6. The molecule has 0 aliphatic heterocycles. The normalized spacial score (nSPS) is 12.4. The highest BCUT2D eigenvalue weighted by Gasteiger charge is 2.20. The van der Waals surface area contributed by atoms with Gasteiger partial charge in [-0.05, 0) is 25.7 Å². The van der Waals surface area contributed by atoms with Gasteiger partial charge >= 0.3 is 5.97 Å². The van der Waals surface area contributed by atoms with E-state index in [9.17, 15) is 19.8 Å². The topological polar surface area (TPSA) is 95.9 Å². The van der Waals surface area contributed by atoms with Crippen molar-refractivity contribution < 1.29 is 24.5 Å². The average Bonchev–Trinajstić information content (AvgIpc) is 3.48. The third kappa shape index (κ3) is 68.0. The van der Waals surface area contributed by atoms with E-state index in [0.29, 0.717) is 25.9 Å². The molecule has 1 amide bonds. The summed E-state index contributed by atoms with van der Waals surface area (Å²) in [6.45, 7) is 5.02. The van der Waals surface area contributed by atoms with Crippen LogP contribution in [0.3, 0.4) is 0 Å². The lowest BCUT2D eigenvalue weighted by atomic mass is 10.0. The summed E-state index contributed by atoms with van der Waals surface area (Å²) in [5, 5.41) is 23.5. The van der Waals surface area contributed by atoms with Gasteiger partial charge in [-0.15, -0.1) is 0 Å². The Balaban J connectivity index is 3.33. The first-order chi connectivity index (χ1) is 40.5. The van der Waals surface area contributed by atoms with Gasteiger partial charge in [-0.25, -0.2) is 0 Å². The SMILES string of the molecule is CCCCCCCCCCCCCCCCCCCCCCCCCC(O)C(CO)NC(=O)CCCCCCCCCCCCCCCCCCCCCCCCCCCCCCOC(=O)CCCCCCCCCCCCCCCC. The standard InChI is InChI=1S/C76H151NO5/c1-3-5-7-9-11-13-15-17-19-20-21-22-29-32-35-38-41-44-48-52-56-60-64-68-74(79)73(72-78)77-75(80)69-65-61-57-53-49-45-42-39-36-33-30-27-25-23-24-26-28-31-34-37-40-43-47-51-55-59-63-67-71-82-76(81)70-66-62-58-54-50-46-18-16-14-12-10-8-6-4-2/h73-74,78-79H,3-72H2,1-2H3,(H,77,80). The molecule has 0 rings (SSSR count). The third-order valence-electron chi connectivity index (χ3n) is 18.4. The number of hydrogen-bond donors (Lipinski definition) is 3. The summed E-state index contributed by atoms with van der Waals surface area (Å²) in [7, 11) is 0. The first kappa shape index (κ1) is 80.9. The van der Waals surface area contributed by atoms with Crippen molar-refractivity contribution in [3.63, 3.8) is 0 Å². The van der Waals surface area contributed by atoms with Crippen molar-refractivity contribution in [2.45, 2.75) is 463 Å². The molecule has 0 aromatic rings. The summed E-state index contributed by atoms with van der Waals surface area (Å²) in [6, 6.07) is -0.539. The maximum atomic E-state index is 12.6. The summed E-state index contributed by atoms with van der Waals surface area (Å²) in [4.78, 5) is 24.6. The Morgan fingerprint density at radius 2 is 0.500 bits per heavy atom. The van der Waals surface area contributed by atoms with E-state index in [1.54, 1.807) is 0 Å². The van der Waals surface area contributed by atoms with Gasteiger partial charge in [0.1, 0.15) is 0 Å². The van der Waals surface area contributed by atoms with E-state index in [0.717, 1.165) is 38.5 Å². The molecule has 6 heteroatoms. The fourth-order valence-electron chi connectivity index (χ4n) is 12.6. The van der Waals surface area contributed by atoms with E-state index in [4.69, 9.17) is 4.74 Å². The molecule has 0 radical (unpaired) electrons. The Bertz CT molecular complexity index is 1200. The van der Waals surface area contributed by atoms with Crippen LogP contribution in [0.15, 0.2) is 0 Å². The first-order valence-electron chi connectivity index (χ1n) is 38.3. The molecule has 2 atom stereocenters. The summed E-state index contributed by atoms with van der Waals surface area (Å²) in [5.41, 5.74) is 0. The number of aliphatic hydroxyl groups excluding tert-OH is 2. The summed E-state index contributed by atoms with van der Waals surface area (Å²) in [5.74, 6) is -0.00290. The zero-order chi connectivity index (χ0) is 59.2. The van der Waals surface area contributed by atoms with Gasteiger partial charge in [-0.3, -0.25) is 9.59 Å². The van der Waals surface area contributed by atoms with Crippen LogP contribution >= 0.6 is 0 Å². The minimum Gasteiger partial charge on any atom is -0.466 e. The van der Waals surface area contributed by atoms with Crippen LogP contribution in [0.2, 0.25) is 0 Å². The maximum Gasteiger partial charge on any atom is 0.305 e. The Hall–Kier alpha value is -1.14. The molecule has 0 aromatic carbocycles. The van der Waals surface area contributed by atoms with Gasteiger partial charge in [0, 0.05) is 12.8 Å². The Kier molecular flexibility index (Phi) is 71.3. The van der Waals surface area contributed by atoms with E-state index < -0.39 is 12.1 Å². The zero-order valence-corrected chi connectivity index (χ0v) is 56.3. The van der Waals surface area contributed by atoms with Gasteiger partial charge in [-0.1, -0.05) is 412 Å². The molecule has 0 bridgehead atoms. The minimum atomic E-state index is -0.662. The third-order valence-corrected chi connectivity index (χ3v) is 18.4. The second-order valence-corrected chi connectivity index (χ2v) is 26.7. The van der Waals surface area contributed by atoms with Crippen molar-refractivity contribution in [1.82, 2.24) is 5.32 Å². The molecule has 82 heavy (non-hydrogen) atoms. The van der Waals surface area contributed by atoms with Crippen LogP contribution in [0.25, 0.3) is 0 Å². The Morgan fingerprint density at radius 3 is 0.744 bits per heavy atom. The largest absolute Gasteiger partial charge is 0.466 e. The number of esters is 1. The van der Waals surface area contributed by atoms with E-state index in [1.165, 1.54) is 379 Å². The summed E-state index contributed by atoms with van der Waals surface area (Å²) in [6.07, 6.45) is 88.9. The molecule has 0 spiro atoms. The van der Waals surface area contributed by atoms with Gasteiger partial charge in [0.15, 0.2) is 0 Å². The number of aliphatic hydroxyl groups is 2. The van der Waals surface area contributed by atoms with Gasteiger partial charge in [0.25, 0.3) is 0 Å². The van der Waals surface area contributed by atoms with Crippen molar-refractivity contribution in [2.75, 3.05) is 13.2 Å². The van der Waals surface area contributed by atoms with Crippen molar-refractivity contribution >= 4 is 11.9 Å². The van der Waals surface area contributed by atoms with Crippen LogP contribution in [0, 0.1) is 0 Å². The minimum absolute atomic E-state index is 0.0226. The van der Waals surface area contributed by atoms with Crippen molar-refractivity contribution in [1.29, 1.82) is 0 Å². The zero-order valence-electron chi connectivity index (χ0n) is 56.3. The smallest absolute Gasteiger partial charge is 0.305 e. The number of hydrogen-bond acceptors (Lipinski definition) is 5. The average molecular weight is 1160 g/mol. The fraction of sp³-hybridized carbons (Fsp3) is 0.974. The molecule has 490 valence electrons. The number of rotatable bonds is 73. The van der Waals surface area contributed by atoms with E-state index in [-0.39, 0.29) is 18.5 Å². The van der Waals surface area contributed by atoms with Gasteiger partial charge < -0.3 is 20.3 Å². The molecule has 6 nitrogen and oxygen atoms in total. The molecule has 0 aromatic heterocycles.